The minimum atomic E-state index is 0.124. The molecule has 4 nitrogen and oxygen atoms in total. The lowest BCUT2D eigenvalue weighted by Gasteiger charge is -2.37. The first kappa shape index (κ1) is 15.8. The van der Waals surface area contributed by atoms with Gasteiger partial charge in [-0.1, -0.05) is 25.1 Å². The Morgan fingerprint density at radius 2 is 2.00 bits per heavy atom. The lowest BCUT2D eigenvalue weighted by molar-refractivity contribution is -0.121. The first-order valence-corrected chi connectivity index (χ1v) is 7.77. The van der Waals surface area contributed by atoms with E-state index in [0.29, 0.717) is 12.8 Å². The number of nitrogens with two attached hydrogens (primary N) is 1. The highest BCUT2D eigenvalue weighted by atomic mass is 16.1. The van der Waals surface area contributed by atoms with Crippen LogP contribution in [0.2, 0.25) is 0 Å². The van der Waals surface area contributed by atoms with Crippen molar-refractivity contribution in [3.05, 3.63) is 29.8 Å². The number of piperidine rings is 1. The fourth-order valence-corrected chi connectivity index (χ4v) is 2.75. The van der Waals surface area contributed by atoms with Crippen molar-refractivity contribution in [2.24, 2.45) is 5.41 Å². The molecule has 1 amide bonds. The van der Waals surface area contributed by atoms with Crippen molar-refractivity contribution >= 4 is 11.6 Å². The third-order valence-electron chi connectivity index (χ3n) is 4.58. The second-order valence-corrected chi connectivity index (χ2v) is 6.59. The van der Waals surface area contributed by atoms with E-state index in [1.54, 1.807) is 0 Å². The molecule has 0 spiro atoms. The number of nitrogens with zero attached hydrogens (tertiary/aromatic N) is 1. The number of rotatable bonds is 5. The number of likely N-dealkylation sites (tertiary alicyclic amines) is 1. The van der Waals surface area contributed by atoms with Crippen LogP contribution in [0.15, 0.2) is 24.3 Å². The summed E-state index contributed by atoms with van der Waals surface area (Å²) >= 11 is 0. The number of hydrogen-bond donors (Lipinski definition) is 2. The molecule has 1 aliphatic rings. The van der Waals surface area contributed by atoms with Gasteiger partial charge in [0.1, 0.15) is 0 Å². The summed E-state index contributed by atoms with van der Waals surface area (Å²) in [5, 5.41) is 3.10. The number of carbonyl (C=O) groups is 1. The molecule has 4 heteroatoms. The number of nitrogens with one attached hydrogen (secondary N) is 1. The summed E-state index contributed by atoms with van der Waals surface area (Å²) in [6.07, 6.45) is 3.51. The van der Waals surface area contributed by atoms with Gasteiger partial charge in [-0.2, -0.15) is 0 Å². The summed E-state index contributed by atoms with van der Waals surface area (Å²) in [6, 6.07) is 7.75. The van der Waals surface area contributed by atoms with Crippen LogP contribution in [0.5, 0.6) is 0 Å². The van der Waals surface area contributed by atoms with E-state index >= 15 is 0 Å². The van der Waals surface area contributed by atoms with Crippen molar-refractivity contribution in [1.82, 2.24) is 10.2 Å². The zero-order valence-corrected chi connectivity index (χ0v) is 13.2. The summed E-state index contributed by atoms with van der Waals surface area (Å²) in [6.45, 7) is 5.29. The molecule has 0 bridgehead atoms. The molecular formula is C17H27N3O. The van der Waals surface area contributed by atoms with Gasteiger partial charge in [0.2, 0.25) is 5.91 Å². The SMILES string of the molecule is CN1CCC(C)(CNC(=O)CCc2ccccc2N)CC1. The summed E-state index contributed by atoms with van der Waals surface area (Å²) in [7, 11) is 2.16. The minimum absolute atomic E-state index is 0.124. The molecule has 0 aliphatic carbocycles. The molecule has 0 atom stereocenters. The van der Waals surface area contributed by atoms with Crippen molar-refractivity contribution in [3.8, 4) is 0 Å². The first-order chi connectivity index (χ1) is 9.98. The molecular weight excluding hydrogens is 262 g/mol. The Morgan fingerprint density at radius 1 is 1.33 bits per heavy atom. The van der Waals surface area contributed by atoms with Crippen molar-refractivity contribution < 1.29 is 4.79 Å². The van der Waals surface area contributed by atoms with Gasteiger partial charge in [-0.15, -0.1) is 0 Å². The number of amides is 1. The summed E-state index contributed by atoms with van der Waals surface area (Å²) in [4.78, 5) is 14.4. The molecule has 1 heterocycles. The van der Waals surface area contributed by atoms with Crippen molar-refractivity contribution in [3.63, 3.8) is 0 Å². The Morgan fingerprint density at radius 3 is 2.67 bits per heavy atom. The molecule has 21 heavy (non-hydrogen) atoms. The van der Waals surface area contributed by atoms with Crippen LogP contribution in [-0.4, -0.2) is 37.5 Å². The van der Waals surface area contributed by atoms with E-state index in [9.17, 15) is 4.79 Å². The average molecular weight is 289 g/mol. The maximum Gasteiger partial charge on any atom is 0.220 e. The highest BCUT2D eigenvalue weighted by Gasteiger charge is 2.28. The van der Waals surface area contributed by atoms with Crippen LogP contribution >= 0.6 is 0 Å². The second kappa shape index (κ2) is 6.94. The van der Waals surface area contributed by atoms with Gasteiger partial charge in [-0.25, -0.2) is 0 Å². The second-order valence-electron chi connectivity index (χ2n) is 6.59. The lowest BCUT2D eigenvalue weighted by Crippen LogP contribution is -2.43. The van der Waals surface area contributed by atoms with Crippen LogP contribution in [0.25, 0.3) is 0 Å². The van der Waals surface area contributed by atoms with E-state index in [2.05, 4.69) is 24.2 Å². The van der Waals surface area contributed by atoms with E-state index < -0.39 is 0 Å². The van der Waals surface area contributed by atoms with Crippen molar-refractivity contribution in [2.75, 3.05) is 32.4 Å². The van der Waals surface area contributed by atoms with E-state index in [-0.39, 0.29) is 11.3 Å². The number of nitrogen functional groups attached to an aromatic ring is 1. The number of hydrogen-bond acceptors (Lipinski definition) is 3. The zero-order chi connectivity index (χ0) is 15.3. The fraction of sp³-hybridized carbons (Fsp3) is 0.588. The Labute approximate surface area is 127 Å². The number of aryl methyl sites for hydroxylation is 1. The Hall–Kier alpha value is -1.55. The van der Waals surface area contributed by atoms with Gasteiger partial charge in [-0.3, -0.25) is 4.79 Å². The lowest BCUT2D eigenvalue weighted by atomic mass is 9.80. The summed E-state index contributed by atoms with van der Waals surface area (Å²) in [5.41, 5.74) is 7.96. The van der Waals surface area contributed by atoms with Gasteiger partial charge in [0.25, 0.3) is 0 Å². The molecule has 0 aromatic heterocycles. The van der Waals surface area contributed by atoms with Gasteiger partial charge in [-0.05, 0) is 56.4 Å². The van der Waals surface area contributed by atoms with E-state index in [4.69, 9.17) is 5.73 Å². The Bertz CT molecular complexity index is 479. The Kier molecular flexibility index (Phi) is 5.23. The van der Waals surface area contributed by atoms with Crippen LogP contribution in [0.1, 0.15) is 31.7 Å². The fourth-order valence-electron chi connectivity index (χ4n) is 2.75. The van der Waals surface area contributed by atoms with Gasteiger partial charge in [0, 0.05) is 18.7 Å². The normalized spacial score (nSPS) is 18.4. The Balaban J connectivity index is 1.74. The number of benzene rings is 1. The standard InChI is InChI=1S/C17H27N3O/c1-17(9-11-20(2)12-10-17)13-19-16(21)8-7-14-5-3-4-6-15(14)18/h3-6H,7-13,18H2,1-2H3,(H,19,21). The maximum absolute atomic E-state index is 12.0. The van der Waals surface area contributed by atoms with Crippen LogP contribution in [0, 0.1) is 5.41 Å². The number of anilines is 1. The van der Waals surface area contributed by atoms with E-state index in [1.807, 2.05) is 24.3 Å². The highest BCUT2D eigenvalue weighted by molar-refractivity contribution is 5.76. The molecule has 1 saturated heterocycles. The molecule has 1 fully saturated rings. The molecule has 0 unspecified atom stereocenters. The zero-order valence-electron chi connectivity index (χ0n) is 13.2. The smallest absolute Gasteiger partial charge is 0.220 e. The molecule has 0 saturated carbocycles. The van der Waals surface area contributed by atoms with Crippen molar-refractivity contribution in [1.29, 1.82) is 0 Å². The van der Waals surface area contributed by atoms with Crippen LogP contribution < -0.4 is 11.1 Å². The van der Waals surface area contributed by atoms with E-state index in [1.165, 1.54) is 0 Å². The van der Waals surface area contributed by atoms with Crippen LogP contribution in [0.3, 0.4) is 0 Å². The summed E-state index contributed by atoms with van der Waals surface area (Å²) in [5.74, 6) is 0.124. The predicted molar refractivity (Wildman–Crippen MR) is 87.0 cm³/mol. The van der Waals surface area contributed by atoms with Crippen LogP contribution in [-0.2, 0) is 11.2 Å². The molecule has 116 valence electrons. The summed E-state index contributed by atoms with van der Waals surface area (Å²) < 4.78 is 0. The average Bonchev–Trinajstić information content (AvgIpc) is 2.48. The molecule has 1 aromatic rings. The predicted octanol–water partition coefficient (Wildman–Crippen LogP) is 2.05. The number of para-hydroxylation sites is 1. The van der Waals surface area contributed by atoms with Crippen molar-refractivity contribution in [2.45, 2.75) is 32.6 Å². The topological polar surface area (TPSA) is 58.4 Å². The maximum atomic E-state index is 12.0. The van der Waals surface area contributed by atoms with Gasteiger partial charge < -0.3 is 16.0 Å². The quantitative estimate of drug-likeness (QED) is 0.816. The third-order valence-corrected chi connectivity index (χ3v) is 4.58. The van der Waals surface area contributed by atoms with Gasteiger partial charge in [0.15, 0.2) is 0 Å². The largest absolute Gasteiger partial charge is 0.399 e. The molecule has 1 aromatic carbocycles. The van der Waals surface area contributed by atoms with Gasteiger partial charge in [0.05, 0.1) is 0 Å². The molecule has 2 rings (SSSR count). The number of carbonyl (C=O) groups excluding carboxylic acids is 1. The third kappa shape index (κ3) is 4.74. The van der Waals surface area contributed by atoms with Crippen LogP contribution in [0.4, 0.5) is 5.69 Å². The molecule has 0 radical (unpaired) electrons. The highest BCUT2D eigenvalue weighted by Crippen LogP contribution is 2.29. The van der Waals surface area contributed by atoms with E-state index in [0.717, 1.165) is 43.7 Å². The molecule has 1 aliphatic heterocycles. The van der Waals surface area contributed by atoms with Gasteiger partial charge >= 0.3 is 0 Å². The first-order valence-electron chi connectivity index (χ1n) is 7.77. The molecule has 3 N–H and O–H groups in total. The minimum Gasteiger partial charge on any atom is -0.399 e. The monoisotopic (exact) mass is 289 g/mol.